The zero-order chi connectivity index (χ0) is 18.7. The van der Waals surface area contributed by atoms with E-state index >= 15 is 0 Å². The number of hydrogen-bond donors (Lipinski definition) is 2. The van der Waals surface area contributed by atoms with Gasteiger partial charge in [0.1, 0.15) is 5.82 Å². The number of aromatic carboxylic acids is 1. The van der Waals surface area contributed by atoms with Gasteiger partial charge in [-0.1, -0.05) is 6.08 Å². The van der Waals surface area contributed by atoms with E-state index in [4.69, 9.17) is 5.11 Å². The van der Waals surface area contributed by atoms with Gasteiger partial charge >= 0.3 is 5.97 Å². The molecule has 1 aromatic carbocycles. The van der Waals surface area contributed by atoms with E-state index in [0.717, 1.165) is 50.0 Å². The van der Waals surface area contributed by atoms with Gasteiger partial charge < -0.3 is 15.3 Å². The first-order valence-corrected chi connectivity index (χ1v) is 8.84. The third-order valence-electron chi connectivity index (χ3n) is 5.02. The molecule has 0 saturated carbocycles. The van der Waals surface area contributed by atoms with E-state index in [1.54, 1.807) is 6.92 Å². The van der Waals surface area contributed by atoms with Crippen molar-refractivity contribution in [3.05, 3.63) is 52.5 Å². The fourth-order valence-corrected chi connectivity index (χ4v) is 3.54. The largest absolute Gasteiger partial charge is 0.478 e. The molecule has 6 heteroatoms. The summed E-state index contributed by atoms with van der Waals surface area (Å²) in [5.41, 5.74) is 2.92. The van der Waals surface area contributed by atoms with Crippen molar-refractivity contribution in [3.8, 4) is 6.07 Å². The van der Waals surface area contributed by atoms with Gasteiger partial charge in [0.2, 0.25) is 0 Å². The van der Waals surface area contributed by atoms with Crippen LogP contribution in [-0.2, 0) is 0 Å². The summed E-state index contributed by atoms with van der Waals surface area (Å²) < 4.78 is 13.7. The minimum atomic E-state index is -1.26. The summed E-state index contributed by atoms with van der Waals surface area (Å²) >= 11 is 0. The Hall–Kier alpha value is -2.81. The molecule has 1 aliphatic heterocycles. The number of nitrogens with one attached hydrogen (secondary N) is 1. The molecule has 0 spiro atoms. The Kier molecular flexibility index (Phi) is 5.27. The van der Waals surface area contributed by atoms with Gasteiger partial charge in [-0.2, -0.15) is 5.26 Å². The van der Waals surface area contributed by atoms with E-state index in [1.165, 1.54) is 12.1 Å². The molecule has 2 N–H and O–H groups in total. The summed E-state index contributed by atoms with van der Waals surface area (Å²) in [7, 11) is 0. The Morgan fingerprint density at radius 2 is 2.12 bits per heavy atom. The molecule has 3 rings (SSSR count). The van der Waals surface area contributed by atoms with Crippen LogP contribution in [0.15, 0.2) is 35.6 Å². The molecule has 1 fully saturated rings. The molecular weight excluding hydrogens is 333 g/mol. The van der Waals surface area contributed by atoms with E-state index < -0.39 is 11.8 Å². The molecule has 1 aromatic rings. The Morgan fingerprint density at radius 3 is 2.77 bits per heavy atom. The highest BCUT2D eigenvalue weighted by Gasteiger charge is 2.23. The quantitative estimate of drug-likeness (QED) is 0.858. The Balaban J connectivity index is 1.67. The first-order valence-electron chi connectivity index (χ1n) is 8.84. The van der Waals surface area contributed by atoms with Gasteiger partial charge in [-0.15, -0.1) is 0 Å². The topological polar surface area (TPSA) is 76.4 Å². The Bertz CT molecular complexity index is 815. The molecule has 136 valence electrons. The lowest BCUT2D eigenvalue weighted by molar-refractivity contribution is 0.0692. The number of nitrogens with zero attached hydrogens (tertiary/aromatic N) is 2. The predicted molar refractivity (Wildman–Crippen MR) is 97.3 cm³/mol. The molecule has 0 aromatic heterocycles. The number of anilines is 1. The lowest BCUT2D eigenvalue weighted by Crippen LogP contribution is -2.39. The predicted octanol–water partition coefficient (Wildman–Crippen LogP) is 3.84. The van der Waals surface area contributed by atoms with Crippen molar-refractivity contribution in [1.29, 1.82) is 5.26 Å². The number of carboxylic acid groups (broad SMARTS) is 1. The third-order valence-corrected chi connectivity index (χ3v) is 5.02. The minimum Gasteiger partial charge on any atom is -0.478 e. The second kappa shape index (κ2) is 7.61. The zero-order valence-electron chi connectivity index (χ0n) is 14.8. The van der Waals surface area contributed by atoms with E-state index in [-0.39, 0.29) is 11.6 Å². The van der Waals surface area contributed by atoms with Crippen LogP contribution in [0, 0.1) is 24.1 Å². The van der Waals surface area contributed by atoms with Crippen LogP contribution in [0.1, 0.15) is 41.6 Å². The number of nitriles is 1. The molecule has 0 bridgehead atoms. The van der Waals surface area contributed by atoms with Crippen molar-refractivity contribution < 1.29 is 14.3 Å². The van der Waals surface area contributed by atoms with Gasteiger partial charge in [-0.25, -0.2) is 9.18 Å². The average Bonchev–Trinajstić information content (AvgIpc) is 2.64. The van der Waals surface area contributed by atoms with Gasteiger partial charge in [0.05, 0.1) is 22.9 Å². The van der Waals surface area contributed by atoms with Crippen molar-refractivity contribution in [3.63, 3.8) is 0 Å². The first-order chi connectivity index (χ1) is 12.5. The molecule has 26 heavy (non-hydrogen) atoms. The lowest BCUT2D eigenvalue weighted by Gasteiger charge is -2.36. The summed E-state index contributed by atoms with van der Waals surface area (Å²) in [6.07, 6.45) is 7.60. The van der Waals surface area contributed by atoms with Crippen molar-refractivity contribution in [2.75, 3.05) is 18.4 Å². The SMILES string of the molecule is Cc1cc(F)c(C(=O)O)cc1NC1CCN(C2=C(C#N)CCC=C2)CC1. The zero-order valence-corrected chi connectivity index (χ0v) is 14.8. The lowest BCUT2D eigenvalue weighted by atomic mass is 9.98. The number of aryl methyl sites for hydroxylation is 1. The van der Waals surface area contributed by atoms with E-state index in [0.29, 0.717) is 11.3 Å². The number of piperidine rings is 1. The standard InChI is InChI=1S/C20H22FN3O2/c1-13-10-17(21)16(20(25)26)11-18(13)23-15-6-8-24(9-7-15)19-5-3-2-4-14(19)12-22/h3,5,10-11,15,23H,2,4,6-9H2,1H3,(H,25,26). The molecule has 0 atom stereocenters. The number of benzene rings is 1. The molecule has 2 aliphatic rings. The Morgan fingerprint density at radius 1 is 1.38 bits per heavy atom. The van der Waals surface area contributed by atoms with Gasteiger partial charge in [0.25, 0.3) is 0 Å². The number of carboxylic acids is 1. The maximum Gasteiger partial charge on any atom is 0.338 e. The van der Waals surface area contributed by atoms with E-state index in [9.17, 15) is 14.4 Å². The highest BCUT2D eigenvalue weighted by atomic mass is 19.1. The van der Waals surface area contributed by atoms with Gasteiger partial charge in [0.15, 0.2) is 0 Å². The second-order valence-corrected chi connectivity index (χ2v) is 6.77. The maximum atomic E-state index is 13.7. The molecule has 0 unspecified atom stereocenters. The highest BCUT2D eigenvalue weighted by molar-refractivity contribution is 5.89. The number of allylic oxidation sites excluding steroid dienone is 3. The van der Waals surface area contributed by atoms with Crippen LogP contribution in [-0.4, -0.2) is 35.1 Å². The van der Waals surface area contributed by atoms with Crippen LogP contribution in [0.4, 0.5) is 10.1 Å². The molecule has 0 amide bonds. The number of rotatable bonds is 4. The number of carbonyl (C=O) groups is 1. The summed E-state index contributed by atoms with van der Waals surface area (Å²) in [6, 6.07) is 5.14. The molecule has 1 aliphatic carbocycles. The van der Waals surface area contributed by atoms with Gasteiger partial charge in [-0.05, 0) is 56.4 Å². The minimum absolute atomic E-state index is 0.191. The summed E-state index contributed by atoms with van der Waals surface area (Å²) in [4.78, 5) is 13.4. The van der Waals surface area contributed by atoms with Crippen LogP contribution < -0.4 is 5.32 Å². The van der Waals surface area contributed by atoms with Crippen LogP contribution in [0.25, 0.3) is 0 Å². The van der Waals surface area contributed by atoms with E-state index in [2.05, 4.69) is 22.4 Å². The molecule has 1 heterocycles. The van der Waals surface area contributed by atoms with Crippen LogP contribution in [0.3, 0.4) is 0 Å². The Labute approximate surface area is 152 Å². The van der Waals surface area contributed by atoms with Crippen molar-refractivity contribution in [2.24, 2.45) is 0 Å². The van der Waals surface area contributed by atoms with Crippen LogP contribution in [0.2, 0.25) is 0 Å². The maximum absolute atomic E-state index is 13.7. The smallest absolute Gasteiger partial charge is 0.338 e. The highest BCUT2D eigenvalue weighted by Crippen LogP contribution is 2.27. The summed E-state index contributed by atoms with van der Waals surface area (Å²) in [5.74, 6) is -1.98. The summed E-state index contributed by atoms with van der Waals surface area (Å²) in [5, 5.41) is 21.8. The number of hydrogen-bond acceptors (Lipinski definition) is 4. The third kappa shape index (κ3) is 3.72. The average molecular weight is 355 g/mol. The number of halogens is 1. The van der Waals surface area contributed by atoms with E-state index in [1.807, 2.05) is 6.08 Å². The van der Waals surface area contributed by atoms with Crippen LogP contribution in [0.5, 0.6) is 0 Å². The van der Waals surface area contributed by atoms with Crippen molar-refractivity contribution >= 4 is 11.7 Å². The molecular formula is C20H22FN3O2. The fourth-order valence-electron chi connectivity index (χ4n) is 3.54. The molecule has 5 nitrogen and oxygen atoms in total. The van der Waals surface area contributed by atoms with Crippen LogP contribution >= 0.6 is 0 Å². The monoisotopic (exact) mass is 355 g/mol. The normalized spacial score (nSPS) is 18.0. The number of likely N-dealkylation sites (tertiary alicyclic amines) is 1. The second-order valence-electron chi connectivity index (χ2n) is 6.77. The van der Waals surface area contributed by atoms with Gasteiger partial charge in [-0.3, -0.25) is 0 Å². The summed E-state index contributed by atoms with van der Waals surface area (Å²) in [6.45, 7) is 3.42. The molecule has 0 radical (unpaired) electrons. The van der Waals surface area contributed by atoms with Gasteiger partial charge in [0, 0.05) is 24.8 Å². The molecule has 1 saturated heterocycles. The van der Waals surface area contributed by atoms with Crippen molar-refractivity contribution in [1.82, 2.24) is 4.90 Å². The van der Waals surface area contributed by atoms with Crippen molar-refractivity contribution in [2.45, 2.75) is 38.6 Å². The fraction of sp³-hybridized carbons (Fsp3) is 0.400. The first kappa shape index (κ1) is 18.0.